The number of fused-ring (bicyclic) bond motifs is 1. The number of ether oxygens (including phenoxy) is 1. The van der Waals surface area contributed by atoms with Crippen molar-refractivity contribution < 1.29 is 14.6 Å². The second-order valence-corrected chi connectivity index (χ2v) is 7.75. The summed E-state index contributed by atoms with van der Waals surface area (Å²) in [6.07, 6.45) is 1.59. The predicted octanol–water partition coefficient (Wildman–Crippen LogP) is 5.85. The van der Waals surface area contributed by atoms with Crippen molar-refractivity contribution in [3.05, 3.63) is 106 Å². The molecule has 0 heterocycles. The number of aryl methyl sites for hydroxylation is 1. The van der Waals surface area contributed by atoms with E-state index in [0.717, 1.165) is 27.6 Å². The SMILES string of the molecule is Cc1ccc(COc2ccc(C=NNC(=O)c3ccc(O)c(Cl)c3)c3ccccc23)cc1. The highest BCUT2D eigenvalue weighted by atomic mass is 35.5. The van der Waals surface area contributed by atoms with Gasteiger partial charge in [-0.1, -0.05) is 65.7 Å². The number of phenolic OH excluding ortho intramolecular Hbond substituents is 1. The van der Waals surface area contributed by atoms with Crippen molar-refractivity contribution in [2.45, 2.75) is 13.5 Å². The van der Waals surface area contributed by atoms with Gasteiger partial charge in [-0.05, 0) is 48.2 Å². The number of carbonyl (C=O) groups excluding carboxylic acids is 1. The van der Waals surface area contributed by atoms with Gasteiger partial charge in [0.25, 0.3) is 5.91 Å². The molecule has 0 saturated heterocycles. The van der Waals surface area contributed by atoms with Gasteiger partial charge in [0.05, 0.1) is 11.2 Å². The Morgan fingerprint density at radius 2 is 1.78 bits per heavy atom. The van der Waals surface area contributed by atoms with Gasteiger partial charge in [-0.3, -0.25) is 4.79 Å². The van der Waals surface area contributed by atoms with Crippen LogP contribution in [0.15, 0.2) is 84.0 Å². The van der Waals surface area contributed by atoms with Gasteiger partial charge in [0.2, 0.25) is 0 Å². The highest BCUT2D eigenvalue weighted by Gasteiger charge is 2.09. The van der Waals surface area contributed by atoms with Gasteiger partial charge < -0.3 is 9.84 Å². The molecular formula is C26H21ClN2O3. The molecule has 0 radical (unpaired) electrons. The molecule has 0 spiro atoms. The molecule has 4 rings (SSSR count). The summed E-state index contributed by atoms with van der Waals surface area (Å²) >= 11 is 5.86. The van der Waals surface area contributed by atoms with E-state index in [1.54, 1.807) is 6.21 Å². The van der Waals surface area contributed by atoms with E-state index in [1.807, 2.05) is 36.4 Å². The van der Waals surface area contributed by atoms with Crippen LogP contribution in [0, 0.1) is 6.92 Å². The van der Waals surface area contributed by atoms with E-state index in [0.29, 0.717) is 12.2 Å². The lowest BCUT2D eigenvalue weighted by molar-refractivity contribution is 0.0955. The van der Waals surface area contributed by atoms with E-state index in [9.17, 15) is 9.90 Å². The summed E-state index contributed by atoms with van der Waals surface area (Å²) in [7, 11) is 0. The minimum absolute atomic E-state index is 0.0807. The number of nitrogens with zero attached hydrogens (tertiary/aromatic N) is 1. The number of hydrogen-bond acceptors (Lipinski definition) is 4. The van der Waals surface area contributed by atoms with Gasteiger partial charge in [-0.15, -0.1) is 0 Å². The molecule has 5 nitrogen and oxygen atoms in total. The van der Waals surface area contributed by atoms with Crippen LogP contribution < -0.4 is 10.2 Å². The number of hydrazone groups is 1. The molecule has 4 aromatic carbocycles. The molecule has 160 valence electrons. The second-order valence-electron chi connectivity index (χ2n) is 7.34. The van der Waals surface area contributed by atoms with Crippen molar-refractivity contribution in [2.24, 2.45) is 5.10 Å². The van der Waals surface area contributed by atoms with Crippen LogP contribution in [-0.4, -0.2) is 17.2 Å². The van der Waals surface area contributed by atoms with Crippen LogP contribution in [0.5, 0.6) is 11.5 Å². The molecule has 6 heteroatoms. The summed E-state index contributed by atoms with van der Waals surface area (Å²) in [6, 6.07) is 24.2. The first kappa shape index (κ1) is 21.4. The zero-order valence-electron chi connectivity index (χ0n) is 17.4. The van der Waals surface area contributed by atoms with Gasteiger partial charge in [-0.25, -0.2) is 5.43 Å². The van der Waals surface area contributed by atoms with E-state index in [-0.39, 0.29) is 10.8 Å². The molecule has 0 aliphatic carbocycles. The second kappa shape index (κ2) is 9.54. The molecule has 0 atom stereocenters. The van der Waals surface area contributed by atoms with Crippen LogP contribution in [0.25, 0.3) is 10.8 Å². The fourth-order valence-corrected chi connectivity index (χ4v) is 3.43. The lowest BCUT2D eigenvalue weighted by atomic mass is 10.0. The van der Waals surface area contributed by atoms with Crippen molar-refractivity contribution in [1.82, 2.24) is 5.43 Å². The Kier molecular flexibility index (Phi) is 6.38. The summed E-state index contributed by atoms with van der Waals surface area (Å²) in [6.45, 7) is 2.53. The van der Waals surface area contributed by atoms with Crippen LogP contribution in [0.1, 0.15) is 27.0 Å². The van der Waals surface area contributed by atoms with E-state index in [1.165, 1.54) is 23.8 Å². The average Bonchev–Trinajstić information content (AvgIpc) is 2.81. The predicted molar refractivity (Wildman–Crippen MR) is 128 cm³/mol. The highest BCUT2D eigenvalue weighted by molar-refractivity contribution is 6.32. The number of hydrogen-bond donors (Lipinski definition) is 2. The van der Waals surface area contributed by atoms with Crippen LogP contribution in [0.4, 0.5) is 0 Å². The lowest BCUT2D eigenvalue weighted by Gasteiger charge is -2.11. The smallest absolute Gasteiger partial charge is 0.271 e. The van der Waals surface area contributed by atoms with Crippen molar-refractivity contribution in [3.63, 3.8) is 0 Å². The Balaban J connectivity index is 1.50. The van der Waals surface area contributed by atoms with Crippen LogP contribution in [-0.2, 0) is 6.61 Å². The molecule has 0 aliphatic rings. The molecule has 0 bridgehead atoms. The Morgan fingerprint density at radius 3 is 2.53 bits per heavy atom. The molecule has 0 fully saturated rings. The third-order valence-corrected chi connectivity index (χ3v) is 5.32. The van der Waals surface area contributed by atoms with Crippen LogP contribution >= 0.6 is 11.6 Å². The number of aromatic hydroxyl groups is 1. The summed E-state index contributed by atoms with van der Waals surface area (Å²) in [5.74, 6) is 0.273. The van der Waals surface area contributed by atoms with Crippen molar-refractivity contribution in [1.29, 1.82) is 0 Å². The summed E-state index contributed by atoms with van der Waals surface area (Å²) in [5, 5.41) is 15.6. The summed E-state index contributed by atoms with van der Waals surface area (Å²) < 4.78 is 6.07. The monoisotopic (exact) mass is 444 g/mol. The zero-order valence-corrected chi connectivity index (χ0v) is 18.1. The summed E-state index contributed by atoms with van der Waals surface area (Å²) in [5.41, 5.74) is 5.94. The van der Waals surface area contributed by atoms with Gasteiger partial charge in [0, 0.05) is 16.5 Å². The minimum atomic E-state index is -0.425. The number of benzene rings is 4. The Bertz CT molecular complexity index is 1300. The van der Waals surface area contributed by atoms with Crippen molar-refractivity contribution >= 4 is 34.5 Å². The topological polar surface area (TPSA) is 70.9 Å². The Morgan fingerprint density at radius 1 is 1.03 bits per heavy atom. The highest BCUT2D eigenvalue weighted by Crippen LogP contribution is 2.28. The summed E-state index contributed by atoms with van der Waals surface area (Å²) in [4.78, 5) is 12.3. The van der Waals surface area contributed by atoms with E-state index >= 15 is 0 Å². The number of halogens is 1. The third kappa shape index (κ3) is 4.90. The van der Waals surface area contributed by atoms with Gasteiger partial charge in [0.1, 0.15) is 18.1 Å². The van der Waals surface area contributed by atoms with Gasteiger partial charge in [-0.2, -0.15) is 5.10 Å². The third-order valence-electron chi connectivity index (χ3n) is 5.01. The fraction of sp³-hybridized carbons (Fsp3) is 0.0769. The molecule has 2 N–H and O–H groups in total. The number of phenols is 1. The zero-order chi connectivity index (χ0) is 22.5. The van der Waals surface area contributed by atoms with Crippen molar-refractivity contribution in [3.8, 4) is 11.5 Å². The molecule has 1 amide bonds. The van der Waals surface area contributed by atoms with Crippen LogP contribution in [0.3, 0.4) is 0 Å². The largest absolute Gasteiger partial charge is 0.506 e. The van der Waals surface area contributed by atoms with Crippen molar-refractivity contribution in [2.75, 3.05) is 0 Å². The van der Waals surface area contributed by atoms with Gasteiger partial charge >= 0.3 is 0 Å². The molecular weight excluding hydrogens is 424 g/mol. The quantitative estimate of drug-likeness (QED) is 0.289. The standard InChI is InChI=1S/C26H21ClN2O3/c1-17-6-8-18(9-7-17)16-32-25-13-11-20(21-4-2-3-5-22(21)25)15-28-29-26(31)19-10-12-24(30)23(27)14-19/h2-15,30H,16H2,1H3,(H,29,31). The molecule has 0 aliphatic heterocycles. The first-order valence-corrected chi connectivity index (χ1v) is 10.4. The lowest BCUT2D eigenvalue weighted by Crippen LogP contribution is -2.17. The van der Waals surface area contributed by atoms with Crippen LogP contribution in [0.2, 0.25) is 5.02 Å². The maximum Gasteiger partial charge on any atom is 0.271 e. The molecule has 0 unspecified atom stereocenters. The maximum absolute atomic E-state index is 12.3. The number of amides is 1. The minimum Gasteiger partial charge on any atom is -0.506 e. The first-order valence-electron chi connectivity index (χ1n) is 10.0. The maximum atomic E-state index is 12.3. The molecule has 4 aromatic rings. The normalized spacial score (nSPS) is 11.1. The number of carbonyl (C=O) groups is 1. The first-order chi connectivity index (χ1) is 15.5. The fourth-order valence-electron chi connectivity index (χ4n) is 3.25. The molecule has 32 heavy (non-hydrogen) atoms. The number of rotatable bonds is 6. The van der Waals surface area contributed by atoms with Gasteiger partial charge in [0.15, 0.2) is 0 Å². The van der Waals surface area contributed by atoms with E-state index in [2.05, 4.69) is 41.7 Å². The molecule has 0 aromatic heterocycles. The number of nitrogens with one attached hydrogen (secondary N) is 1. The average molecular weight is 445 g/mol. The van der Waals surface area contributed by atoms with E-state index < -0.39 is 5.91 Å². The Hall–Kier alpha value is -3.83. The molecule has 0 saturated carbocycles. The van der Waals surface area contributed by atoms with E-state index in [4.69, 9.17) is 16.3 Å². The Labute approximate surface area is 190 Å².